The minimum absolute atomic E-state index is 0.0680. The lowest BCUT2D eigenvalue weighted by Gasteiger charge is -2.27. The van der Waals surface area contributed by atoms with Crippen molar-refractivity contribution in [2.75, 3.05) is 28.8 Å². The second kappa shape index (κ2) is 11.0. The first-order valence-electron chi connectivity index (χ1n) is 5.41. The number of thiol groups is 3. The maximum Gasteiger partial charge on any atom is 0.103 e. The molecule has 0 heterocycles. The van der Waals surface area contributed by atoms with Gasteiger partial charge in [-0.05, 0) is 17.9 Å². The summed E-state index contributed by atoms with van der Waals surface area (Å²) in [5.74, 6) is 5.27. The molecule has 6 heteroatoms. The van der Waals surface area contributed by atoms with Crippen molar-refractivity contribution in [1.82, 2.24) is 0 Å². The van der Waals surface area contributed by atoms with Gasteiger partial charge in [-0.2, -0.15) is 49.6 Å². The van der Waals surface area contributed by atoms with Gasteiger partial charge in [0.2, 0.25) is 0 Å². The lowest BCUT2D eigenvalue weighted by atomic mass is 10.5. The van der Waals surface area contributed by atoms with Crippen molar-refractivity contribution in [1.29, 1.82) is 0 Å². The van der Waals surface area contributed by atoms with Gasteiger partial charge in [-0.3, -0.25) is 0 Å². The Hall–Kier alpha value is 2.10. The Morgan fingerprint density at radius 2 is 1.75 bits per heavy atom. The van der Waals surface area contributed by atoms with Crippen molar-refractivity contribution in [2.24, 2.45) is 0 Å². The van der Waals surface area contributed by atoms with E-state index < -0.39 is 0 Å². The highest BCUT2D eigenvalue weighted by molar-refractivity contribution is 8.29. The molecule has 0 aliphatic carbocycles. The zero-order valence-electron chi connectivity index (χ0n) is 9.89. The van der Waals surface area contributed by atoms with Crippen molar-refractivity contribution in [3.63, 3.8) is 0 Å². The van der Waals surface area contributed by atoms with Gasteiger partial charge < -0.3 is 0 Å². The highest BCUT2D eigenvalue weighted by Gasteiger charge is 2.24. The summed E-state index contributed by atoms with van der Waals surface area (Å²) in [7, 11) is 0. The average molecular weight is 335 g/mol. The molecular formula is C10H22S6. The van der Waals surface area contributed by atoms with Crippen LogP contribution in [0.1, 0.15) is 20.3 Å². The van der Waals surface area contributed by atoms with E-state index >= 15 is 0 Å². The van der Waals surface area contributed by atoms with Crippen LogP contribution in [0.4, 0.5) is 0 Å². The van der Waals surface area contributed by atoms with Crippen LogP contribution in [-0.4, -0.2) is 37.4 Å². The fraction of sp³-hybridized carbons (Fsp3) is 1.00. The first-order valence-corrected chi connectivity index (χ1v) is 10.1. The largest absolute Gasteiger partial charge is 0.179 e. The molecule has 0 aromatic rings. The van der Waals surface area contributed by atoms with Crippen molar-refractivity contribution >= 4 is 73.2 Å². The summed E-state index contributed by atoms with van der Waals surface area (Å²) in [4.78, 5) is 0. The fourth-order valence-corrected chi connectivity index (χ4v) is 5.29. The van der Waals surface area contributed by atoms with Gasteiger partial charge in [-0.25, -0.2) is 0 Å². The van der Waals surface area contributed by atoms with Crippen LogP contribution in [0.5, 0.6) is 0 Å². The van der Waals surface area contributed by atoms with Crippen LogP contribution in [0.15, 0.2) is 0 Å². The van der Waals surface area contributed by atoms with Gasteiger partial charge in [0.05, 0.1) is 0 Å². The first-order chi connectivity index (χ1) is 7.58. The predicted octanol–water partition coefficient (Wildman–Crippen LogP) is 4.43. The molecule has 2 atom stereocenters. The number of thioether (sulfide) groups is 3. The number of rotatable bonds is 10. The molecule has 0 fully saturated rings. The maximum absolute atomic E-state index is 4.79. The van der Waals surface area contributed by atoms with E-state index in [1.54, 1.807) is 0 Å². The van der Waals surface area contributed by atoms with Gasteiger partial charge >= 0.3 is 0 Å². The zero-order chi connectivity index (χ0) is 12.4. The smallest absolute Gasteiger partial charge is 0.103 e. The van der Waals surface area contributed by atoms with Gasteiger partial charge in [0, 0.05) is 22.5 Å². The van der Waals surface area contributed by atoms with Crippen LogP contribution in [-0.2, 0) is 0 Å². The Kier molecular flexibility index (Phi) is 12.4. The Morgan fingerprint density at radius 1 is 1.12 bits per heavy atom. The Morgan fingerprint density at radius 3 is 2.25 bits per heavy atom. The number of hydrogen-bond donors (Lipinski definition) is 3. The highest BCUT2D eigenvalue weighted by atomic mass is 32.3. The molecule has 0 bridgehead atoms. The van der Waals surface area contributed by atoms with Gasteiger partial charge in [0.15, 0.2) is 0 Å². The second-order valence-electron chi connectivity index (χ2n) is 3.35. The summed E-state index contributed by atoms with van der Waals surface area (Å²) < 4.78 is 0.0680. The fourth-order valence-electron chi connectivity index (χ4n) is 1.00. The average Bonchev–Trinajstić information content (AvgIpc) is 2.31. The molecule has 0 aromatic heterocycles. The zero-order valence-corrected chi connectivity index (χ0v) is 15.0. The molecule has 2 unspecified atom stereocenters. The lowest BCUT2D eigenvalue weighted by molar-refractivity contribution is 1.00. The lowest BCUT2D eigenvalue weighted by Crippen LogP contribution is -2.15. The van der Waals surface area contributed by atoms with Gasteiger partial charge in [0.25, 0.3) is 0 Å². The van der Waals surface area contributed by atoms with Crippen molar-refractivity contribution in [2.45, 2.75) is 28.9 Å². The van der Waals surface area contributed by atoms with Crippen LogP contribution < -0.4 is 0 Å². The molecule has 98 valence electrons. The maximum atomic E-state index is 4.79. The topological polar surface area (TPSA) is 0 Å². The van der Waals surface area contributed by atoms with Gasteiger partial charge in [0.1, 0.15) is 3.41 Å². The normalized spacial score (nSPS) is 17.1. The molecule has 16 heavy (non-hydrogen) atoms. The van der Waals surface area contributed by atoms with Crippen molar-refractivity contribution < 1.29 is 0 Å². The second-order valence-corrected chi connectivity index (χ2v) is 10.1. The van der Waals surface area contributed by atoms with E-state index in [1.807, 2.05) is 35.3 Å². The molecule has 0 rings (SSSR count). The molecule has 0 spiro atoms. The van der Waals surface area contributed by atoms with Crippen molar-refractivity contribution in [3.05, 3.63) is 0 Å². The van der Waals surface area contributed by atoms with Crippen LogP contribution in [0.2, 0.25) is 0 Å². The monoisotopic (exact) mass is 334 g/mol. The van der Waals surface area contributed by atoms with E-state index in [2.05, 4.69) is 39.1 Å². The number of hydrogen-bond acceptors (Lipinski definition) is 6. The minimum atomic E-state index is 0.0680. The third-order valence-electron chi connectivity index (χ3n) is 1.90. The molecule has 0 saturated carbocycles. The molecule has 0 saturated heterocycles. The molecule has 0 amide bonds. The Bertz CT molecular complexity index is 165. The van der Waals surface area contributed by atoms with Crippen LogP contribution in [0, 0.1) is 0 Å². The van der Waals surface area contributed by atoms with Crippen molar-refractivity contribution in [3.8, 4) is 0 Å². The van der Waals surface area contributed by atoms with E-state index in [1.165, 1.54) is 0 Å². The SMILES string of the molecule is CCC(S)(SCCS)SCC(C)SCCS. The summed E-state index contributed by atoms with van der Waals surface area (Å²) in [5, 5.41) is 0.687. The van der Waals surface area contributed by atoms with Crippen LogP contribution in [0.25, 0.3) is 0 Å². The highest BCUT2D eigenvalue weighted by Crippen LogP contribution is 2.44. The molecular weight excluding hydrogens is 313 g/mol. The summed E-state index contributed by atoms with van der Waals surface area (Å²) in [6.45, 7) is 4.49. The van der Waals surface area contributed by atoms with Crippen LogP contribution in [0.3, 0.4) is 0 Å². The molecule has 0 aliphatic heterocycles. The molecule has 0 nitrogen and oxygen atoms in total. The van der Waals surface area contributed by atoms with Gasteiger partial charge in [-0.15, -0.1) is 23.5 Å². The summed E-state index contributed by atoms with van der Waals surface area (Å²) >= 11 is 19.1. The van der Waals surface area contributed by atoms with Gasteiger partial charge in [-0.1, -0.05) is 13.8 Å². The predicted molar refractivity (Wildman–Crippen MR) is 96.6 cm³/mol. The van der Waals surface area contributed by atoms with E-state index in [9.17, 15) is 0 Å². The summed E-state index contributed by atoms with van der Waals surface area (Å²) in [5.41, 5.74) is 0. The molecule has 0 aromatic carbocycles. The van der Waals surface area contributed by atoms with E-state index in [4.69, 9.17) is 12.6 Å². The standard InChI is InChI=1S/C10H22S6/c1-3-10(13,15-7-5-12)16-8-9(2)14-6-4-11/h9,11-13H,3-8H2,1-2H3. The minimum Gasteiger partial charge on any atom is -0.179 e. The van der Waals surface area contributed by atoms with E-state index in [0.717, 1.165) is 35.2 Å². The molecule has 0 N–H and O–H groups in total. The third kappa shape index (κ3) is 9.09. The van der Waals surface area contributed by atoms with Crippen LogP contribution >= 0.6 is 73.2 Å². The summed E-state index contributed by atoms with van der Waals surface area (Å²) in [6, 6.07) is 0. The quantitative estimate of drug-likeness (QED) is 0.400. The van der Waals surface area contributed by atoms with E-state index in [-0.39, 0.29) is 3.41 Å². The van der Waals surface area contributed by atoms with E-state index in [0.29, 0.717) is 5.25 Å². The summed E-state index contributed by atoms with van der Waals surface area (Å²) in [6.07, 6.45) is 1.09. The Balaban J connectivity index is 3.83. The molecule has 0 aliphatic rings. The Labute approximate surface area is 130 Å². The third-order valence-corrected chi connectivity index (χ3v) is 8.69. The first kappa shape index (κ1) is 18.1. The molecule has 0 radical (unpaired) electrons.